The molecule has 0 aromatic carbocycles. The Labute approximate surface area is 113 Å². The summed E-state index contributed by atoms with van der Waals surface area (Å²) >= 11 is 8.23. The predicted molar refractivity (Wildman–Crippen MR) is 74.0 cm³/mol. The van der Waals surface area contributed by atoms with Gasteiger partial charge in [-0.05, 0) is 43.0 Å². The molecule has 5 nitrogen and oxygen atoms in total. The maximum absolute atomic E-state index is 5.50. The number of hydrogen-bond acceptors (Lipinski definition) is 7. The maximum Gasteiger partial charge on any atom is 0.0797 e. The molecule has 94 valence electrons. The van der Waals surface area contributed by atoms with E-state index in [1.54, 1.807) is 6.08 Å². The van der Waals surface area contributed by atoms with Crippen molar-refractivity contribution in [1.29, 1.82) is 0 Å². The third-order valence-electron chi connectivity index (χ3n) is 1.74. The molecule has 0 unspecified atom stereocenters. The fourth-order valence-corrected chi connectivity index (χ4v) is 2.12. The van der Waals surface area contributed by atoms with Gasteiger partial charge in [-0.2, -0.15) is 0 Å². The first-order valence-electron chi connectivity index (χ1n) is 4.44. The molecule has 8 heteroatoms. The summed E-state index contributed by atoms with van der Waals surface area (Å²) in [4.78, 5) is 2.12. The van der Waals surface area contributed by atoms with Gasteiger partial charge in [0.05, 0.1) is 27.0 Å². The van der Waals surface area contributed by atoms with Gasteiger partial charge in [-0.1, -0.05) is 15.6 Å². The van der Waals surface area contributed by atoms with E-state index in [4.69, 9.17) is 11.6 Å². The van der Waals surface area contributed by atoms with Crippen molar-refractivity contribution in [3.05, 3.63) is 27.7 Å². The van der Waals surface area contributed by atoms with Crippen molar-refractivity contribution in [3.8, 4) is 0 Å². The summed E-state index contributed by atoms with van der Waals surface area (Å²) in [5.74, 6) is 0.531. The van der Waals surface area contributed by atoms with Crippen LogP contribution in [-0.4, -0.2) is 19.2 Å². The van der Waals surface area contributed by atoms with E-state index >= 15 is 0 Å². The summed E-state index contributed by atoms with van der Waals surface area (Å²) in [5, 5.41) is 7.56. The quantitative estimate of drug-likeness (QED) is 0.858. The molecule has 2 aromatic heterocycles. The van der Waals surface area contributed by atoms with Crippen LogP contribution >= 0.6 is 34.7 Å². The zero-order valence-corrected chi connectivity index (χ0v) is 12.1. The molecule has 0 saturated carbocycles. The average Bonchev–Trinajstić information content (AvgIpc) is 2.87. The number of alkyl halides is 1. The second kappa shape index (κ2) is 8.24. The molecule has 0 bridgehead atoms. The molecule has 0 aliphatic heterocycles. The lowest BCUT2D eigenvalue weighted by Gasteiger charge is -1.81. The van der Waals surface area contributed by atoms with Crippen LogP contribution in [-0.2, 0) is 5.88 Å². The summed E-state index contributed by atoms with van der Waals surface area (Å²) in [6.07, 6.45) is 1.76. The van der Waals surface area contributed by atoms with Crippen LogP contribution in [0.25, 0.3) is 6.08 Å². The van der Waals surface area contributed by atoms with Crippen molar-refractivity contribution in [1.82, 2.24) is 25.3 Å². The van der Waals surface area contributed by atoms with E-state index in [1.165, 1.54) is 23.1 Å². The lowest BCUT2D eigenvalue weighted by molar-refractivity contribution is 1.07. The molecule has 0 radical (unpaired) electrons. The van der Waals surface area contributed by atoms with Gasteiger partial charge in [-0.15, -0.1) is 21.8 Å². The summed E-state index contributed by atoms with van der Waals surface area (Å²) in [6, 6.07) is 0. The Hall–Kier alpha value is -0.890. The lowest BCUT2D eigenvalue weighted by atomic mass is 10.4. The Kier molecular flexibility index (Phi) is 7.81. The highest BCUT2D eigenvalue weighted by atomic mass is 35.5. The van der Waals surface area contributed by atoms with Crippen LogP contribution in [0, 0.1) is 13.8 Å². The fourth-order valence-electron chi connectivity index (χ4n) is 0.800. The first-order chi connectivity index (χ1) is 7.69. The number of aryl methyl sites for hydroxylation is 2. The molecule has 2 aromatic rings. The summed E-state index contributed by atoms with van der Waals surface area (Å²) in [5.41, 5.74) is 1.91. The van der Waals surface area contributed by atoms with E-state index in [-0.39, 0.29) is 6.15 Å². The molecule has 0 fully saturated rings. The third-order valence-corrected chi connectivity index (χ3v) is 3.81. The third kappa shape index (κ3) is 4.86. The Morgan fingerprint density at radius 1 is 1.18 bits per heavy atom. The van der Waals surface area contributed by atoms with E-state index in [9.17, 15) is 0 Å². The number of hydrogen-bond donors (Lipinski definition) is 1. The topological polar surface area (TPSA) is 86.6 Å². The SMILES string of the molecule is C=Cc1snnc1C.Cc1nnsc1CCl.N. The van der Waals surface area contributed by atoms with E-state index in [2.05, 4.69) is 25.8 Å². The fraction of sp³-hybridized carbons (Fsp3) is 0.333. The van der Waals surface area contributed by atoms with E-state index in [0.717, 1.165) is 21.1 Å². The average molecular weight is 292 g/mol. The van der Waals surface area contributed by atoms with Gasteiger partial charge in [0.25, 0.3) is 0 Å². The van der Waals surface area contributed by atoms with Crippen LogP contribution in [0.15, 0.2) is 6.58 Å². The molecule has 2 rings (SSSR count). The second-order valence-electron chi connectivity index (χ2n) is 2.84. The van der Waals surface area contributed by atoms with E-state index in [0.29, 0.717) is 5.88 Å². The molecular weight excluding hydrogens is 278 g/mol. The Bertz CT molecular complexity index is 454. The molecule has 0 saturated heterocycles. The normalized spacial score (nSPS) is 8.88. The molecule has 0 aliphatic rings. The molecule has 2 heterocycles. The predicted octanol–water partition coefficient (Wildman–Crippen LogP) is 3.24. The largest absolute Gasteiger partial charge is 0.344 e. The monoisotopic (exact) mass is 291 g/mol. The van der Waals surface area contributed by atoms with Crippen LogP contribution in [0.3, 0.4) is 0 Å². The standard InChI is InChI=1S/C5H6N2S.C4H5ClN2S.H3N/c1-3-5-4(2)6-7-8-5;1-3-4(2-5)8-7-6-3;/h3H,1H2,2H3;2H2,1H3;1H3. The van der Waals surface area contributed by atoms with Gasteiger partial charge in [-0.25, -0.2) is 0 Å². The van der Waals surface area contributed by atoms with Crippen molar-refractivity contribution in [2.45, 2.75) is 19.7 Å². The molecule has 0 atom stereocenters. The van der Waals surface area contributed by atoms with E-state index in [1.807, 2.05) is 13.8 Å². The lowest BCUT2D eigenvalue weighted by Crippen LogP contribution is -1.75. The van der Waals surface area contributed by atoms with Gasteiger partial charge >= 0.3 is 0 Å². The minimum atomic E-state index is 0. The molecule has 0 spiro atoms. The van der Waals surface area contributed by atoms with Crippen molar-refractivity contribution < 1.29 is 0 Å². The van der Waals surface area contributed by atoms with Crippen LogP contribution in [0.1, 0.15) is 21.1 Å². The smallest absolute Gasteiger partial charge is 0.0797 e. The van der Waals surface area contributed by atoms with Crippen LogP contribution in [0.2, 0.25) is 0 Å². The maximum atomic E-state index is 5.50. The minimum Gasteiger partial charge on any atom is -0.344 e. The Balaban J connectivity index is 0.000000284. The van der Waals surface area contributed by atoms with Gasteiger partial charge in [0.15, 0.2) is 0 Å². The summed E-state index contributed by atoms with van der Waals surface area (Å²) in [6.45, 7) is 7.42. The van der Waals surface area contributed by atoms with Crippen LogP contribution < -0.4 is 6.15 Å². The van der Waals surface area contributed by atoms with Gasteiger partial charge in [-0.3, -0.25) is 0 Å². The zero-order valence-electron chi connectivity index (χ0n) is 9.68. The number of rotatable bonds is 2. The van der Waals surface area contributed by atoms with Crippen molar-refractivity contribution in [2.75, 3.05) is 0 Å². The van der Waals surface area contributed by atoms with E-state index < -0.39 is 0 Å². The molecule has 0 amide bonds. The number of nitrogens with zero attached hydrogens (tertiary/aromatic N) is 4. The second-order valence-corrected chi connectivity index (χ2v) is 4.73. The van der Waals surface area contributed by atoms with Crippen LogP contribution in [0.5, 0.6) is 0 Å². The molecule has 17 heavy (non-hydrogen) atoms. The molecule has 0 aliphatic carbocycles. The van der Waals surface area contributed by atoms with Gasteiger partial charge in [0.2, 0.25) is 0 Å². The van der Waals surface area contributed by atoms with Crippen molar-refractivity contribution >= 4 is 40.7 Å². The van der Waals surface area contributed by atoms with Gasteiger partial charge < -0.3 is 6.15 Å². The van der Waals surface area contributed by atoms with Gasteiger partial charge in [0, 0.05) is 0 Å². The summed E-state index contributed by atoms with van der Waals surface area (Å²) in [7, 11) is 0. The highest BCUT2D eigenvalue weighted by Crippen LogP contribution is 2.10. The van der Waals surface area contributed by atoms with Crippen molar-refractivity contribution in [2.24, 2.45) is 0 Å². The summed E-state index contributed by atoms with van der Waals surface area (Å²) < 4.78 is 7.41. The highest BCUT2D eigenvalue weighted by molar-refractivity contribution is 7.06. The first-order valence-corrected chi connectivity index (χ1v) is 6.52. The van der Waals surface area contributed by atoms with Crippen LogP contribution in [0.4, 0.5) is 0 Å². The first kappa shape index (κ1) is 16.1. The number of halogens is 1. The zero-order chi connectivity index (χ0) is 12.0. The highest BCUT2D eigenvalue weighted by Gasteiger charge is 1.97. The molecule has 3 N–H and O–H groups in total. The minimum absolute atomic E-state index is 0. The Morgan fingerprint density at radius 3 is 2.00 bits per heavy atom. The molecular formula is C9H14ClN5S2. The number of aromatic nitrogens is 4. The van der Waals surface area contributed by atoms with Crippen molar-refractivity contribution in [3.63, 3.8) is 0 Å². The Morgan fingerprint density at radius 2 is 1.76 bits per heavy atom. The van der Waals surface area contributed by atoms with Gasteiger partial charge in [0.1, 0.15) is 0 Å².